The summed E-state index contributed by atoms with van der Waals surface area (Å²) in [5.41, 5.74) is 0. The molecule has 2 fully saturated rings. The molecule has 2 unspecified atom stereocenters. The van der Waals surface area contributed by atoms with Crippen molar-refractivity contribution < 1.29 is 19.4 Å². The summed E-state index contributed by atoms with van der Waals surface area (Å²) < 4.78 is 5.45. The number of aliphatic carboxylic acids is 1. The zero-order chi connectivity index (χ0) is 14.4. The van der Waals surface area contributed by atoms with Crippen LogP contribution in [0.15, 0.2) is 0 Å². The van der Waals surface area contributed by atoms with Gasteiger partial charge in [-0.2, -0.15) is 0 Å². The van der Waals surface area contributed by atoms with Gasteiger partial charge in [0.1, 0.15) is 6.04 Å². The van der Waals surface area contributed by atoms with Crippen molar-refractivity contribution >= 4 is 11.9 Å². The number of likely N-dealkylation sites (tertiary alicyclic amines) is 1. The third-order valence-electron chi connectivity index (χ3n) is 4.05. The summed E-state index contributed by atoms with van der Waals surface area (Å²) in [4.78, 5) is 25.0. The molecule has 2 atom stereocenters. The molecule has 114 valence electrons. The van der Waals surface area contributed by atoms with Gasteiger partial charge in [0.2, 0.25) is 5.91 Å². The van der Waals surface area contributed by atoms with Crippen LogP contribution in [0.3, 0.4) is 0 Å². The maximum absolute atomic E-state index is 11.9. The van der Waals surface area contributed by atoms with Crippen molar-refractivity contribution in [2.24, 2.45) is 0 Å². The monoisotopic (exact) mass is 284 g/mol. The molecule has 0 aromatic rings. The van der Waals surface area contributed by atoms with E-state index >= 15 is 0 Å². The molecular weight excluding hydrogens is 260 g/mol. The fraction of sp³-hybridized carbons (Fsp3) is 0.857. The largest absolute Gasteiger partial charge is 0.480 e. The summed E-state index contributed by atoms with van der Waals surface area (Å²) in [6.07, 6.45) is 5.72. The van der Waals surface area contributed by atoms with Gasteiger partial charge in [-0.3, -0.25) is 14.5 Å². The molecule has 2 rings (SSSR count). The average Bonchev–Trinajstić information content (AvgIpc) is 2.82. The zero-order valence-corrected chi connectivity index (χ0v) is 11.8. The Morgan fingerprint density at radius 2 is 2.05 bits per heavy atom. The Bertz CT molecular complexity index is 342. The zero-order valence-electron chi connectivity index (χ0n) is 11.8. The predicted octanol–water partition coefficient (Wildman–Crippen LogP) is 0.611. The van der Waals surface area contributed by atoms with Gasteiger partial charge in [-0.25, -0.2) is 0 Å². The summed E-state index contributed by atoms with van der Waals surface area (Å²) in [7, 11) is 0. The van der Waals surface area contributed by atoms with Gasteiger partial charge in [0.05, 0.1) is 12.6 Å². The van der Waals surface area contributed by atoms with E-state index in [-0.39, 0.29) is 18.6 Å². The number of carbonyl (C=O) groups is 2. The van der Waals surface area contributed by atoms with Gasteiger partial charge < -0.3 is 15.2 Å². The molecule has 0 radical (unpaired) electrons. The number of amides is 1. The number of nitrogens with one attached hydrogen (secondary N) is 1. The highest BCUT2D eigenvalue weighted by Gasteiger charge is 2.28. The normalized spacial score (nSPS) is 28.0. The van der Waals surface area contributed by atoms with Gasteiger partial charge in [0.25, 0.3) is 0 Å². The standard InChI is InChI=1S/C14H24N2O4/c17-13(15-9-11-5-4-8-20-11)10-16-7-3-1-2-6-12(16)14(18)19/h11-12H,1-10H2,(H,15,17)(H,18,19). The number of rotatable bonds is 5. The lowest BCUT2D eigenvalue weighted by molar-refractivity contribution is -0.144. The van der Waals surface area contributed by atoms with Crippen molar-refractivity contribution in [1.29, 1.82) is 0 Å². The second-order valence-electron chi connectivity index (χ2n) is 5.61. The van der Waals surface area contributed by atoms with Gasteiger partial charge in [0.15, 0.2) is 0 Å². The van der Waals surface area contributed by atoms with Gasteiger partial charge in [-0.05, 0) is 32.2 Å². The molecule has 0 spiro atoms. The van der Waals surface area contributed by atoms with Crippen LogP contribution in [0.1, 0.15) is 38.5 Å². The summed E-state index contributed by atoms with van der Waals surface area (Å²) >= 11 is 0. The number of ether oxygens (including phenoxy) is 1. The van der Waals surface area contributed by atoms with Gasteiger partial charge in [-0.1, -0.05) is 12.8 Å². The molecule has 0 aromatic carbocycles. The molecule has 6 nitrogen and oxygen atoms in total. The third kappa shape index (κ3) is 4.45. The quantitative estimate of drug-likeness (QED) is 0.773. The molecular formula is C14H24N2O4. The van der Waals surface area contributed by atoms with E-state index in [1.807, 2.05) is 0 Å². The van der Waals surface area contributed by atoms with E-state index < -0.39 is 12.0 Å². The third-order valence-corrected chi connectivity index (χ3v) is 4.05. The Labute approximate surface area is 119 Å². The lowest BCUT2D eigenvalue weighted by Crippen LogP contribution is -2.47. The van der Waals surface area contributed by atoms with Crippen molar-refractivity contribution in [2.45, 2.75) is 50.7 Å². The van der Waals surface area contributed by atoms with Gasteiger partial charge in [-0.15, -0.1) is 0 Å². The van der Waals surface area contributed by atoms with Crippen LogP contribution < -0.4 is 5.32 Å². The minimum absolute atomic E-state index is 0.103. The molecule has 1 amide bonds. The minimum Gasteiger partial charge on any atom is -0.480 e. The molecule has 2 aliphatic heterocycles. The lowest BCUT2D eigenvalue weighted by atomic mass is 10.1. The predicted molar refractivity (Wildman–Crippen MR) is 73.4 cm³/mol. The Balaban J connectivity index is 1.79. The lowest BCUT2D eigenvalue weighted by Gasteiger charge is -2.26. The molecule has 6 heteroatoms. The van der Waals surface area contributed by atoms with E-state index in [4.69, 9.17) is 4.74 Å². The fourth-order valence-corrected chi connectivity index (χ4v) is 2.91. The van der Waals surface area contributed by atoms with E-state index in [1.165, 1.54) is 0 Å². The number of hydrogen-bond acceptors (Lipinski definition) is 4. The summed E-state index contributed by atoms with van der Waals surface area (Å²) in [5.74, 6) is -0.924. The van der Waals surface area contributed by atoms with E-state index in [1.54, 1.807) is 4.90 Å². The summed E-state index contributed by atoms with van der Waals surface area (Å²) in [6, 6.07) is -0.522. The van der Waals surface area contributed by atoms with Crippen LogP contribution in [0.5, 0.6) is 0 Å². The Morgan fingerprint density at radius 1 is 1.20 bits per heavy atom. The SMILES string of the molecule is O=C(CN1CCCCCC1C(=O)O)NCC1CCCO1. The molecule has 0 aromatic heterocycles. The van der Waals surface area contributed by atoms with E-state index in [2.05, 4.69) is 5.32 Å². The molecule has 2 saturated heterocycles. The Morgan fingerprint density at radius 3 is 2.75 bits per heavy atom. The Kier molecular flexibility index (Phi) is 5.79. The van der Waals surface area contributed by atoms with Crippen molar-refractivity contribution in [2.75, 3.05) is 26.2 Å². The first-order valence-electron chi connectivity index (χ1n) is 7.52. The number of hydrogen-bond donors (Lipinski definition) is 2. The van der Waals surface area contributed by atoms with Gasteiger partial charge in [0, 0.05) is 13.2 Å². The summed E-state index contributed by atoms with van der Waals surface area (Å²) in [5, 5.41) is 12.1. The molecule has 2 N–H and O–H groups in total. The molecule has 0 aliphatic carbocycles. The van der Waals surface area contributed by atoms with Crippen LogP contribution in [-0.4, -0.2) is 60.3 Å². The van der Waals surface area contributed by atoms with Crippen LogP contribution in [0, 0.1) is 0 Å². The minimum atomic E-state index is -0.821. The van der Waals surface area contributed by atoms with E-state index in [9.17, 15) is 14.7 Å². The number of carboxylic acid groups (broad SMARTS) is 1. The van der Waals surface area contributed by atoms with Crippen molar-refractivity contribution in [3.05, 3.63) is 0 Å². The number of carbonyl (C=O) groups excluding carboxylic acids is 1. The number of nitrogens with zero attached hydrogens (tertiary/aromatic N) is 1. The first-order chi connectivity index (χ1) is 9.66. The van der Waals surface area contributed by atoms with Crippen LogP contribution in [-0.2, 0) is 14.3 Å². The van der Waals surface area contributed by atoms with Crippen molar-refractivity contribution in [3.63, 3.8) is 0 Å². The molecule has 0 bridgehead atoms. The van der Waals surface area contributed by atoms with E-state index in [0.717, 1.165) is 38.7 Å². The van der Waals surface area contributed by atoms with Crippen LogP contribution >= 0.6 is 0 Å². The second-order valence-corrected chi connectivity index (χ2v) is 5.61. The highest BCUT2D eigenvalue weighted by atomic mass is 16.5. The highest BCUT2D eigenvalue weighted by Crippen LogP contribution is 2.16. The molecule has 20 heavy (non-hydrogen) atoms. The second kappa shape index (κ2) is 7.59. The maximum Gasteiger partial charge on any atom is 0.320 e. The van der Waals surface area contributed by atoms with Crippen LogP contribution in [0.2, 0.25) is 0 Å². The maximum atomic E-state index is 11.9. The van der Waals surface area contributed by atoms with E-state index in [0.29, 0.717) is 19.5 Å². The average molecular weight is 284 g/mol. The molecule has 2 heterocycles. The topological polar surface area (TPSA) is 78.9 Å². The van der Waals surface area contributed by atoms with Crippen molar-refractivity contribution in [1.82, 2.24) is 10.2 Å². The van der Waals surface area contributed by atoms with Crippen LogP contribution in [0.4, 0.5) is 0 Å². The van der Waals surface area contributed by atoms with Crippen LogP contribution in [0.25, 0.3) is 0 Å². The fourth-order valence-electron chi connectivity index (χ4n) is 2.91. The van der Waals surface area contributed by atoms with Crippen molar-refractivity contribution in [3.8, 4) is 0 Å². The number of carboxylic acids is 1. The Hall–Kier alpha value is -1.14. The first-order valence-corrected chi connectivity index (χ1v) is 7.52. The summed E-state index contributed by atoms with van der Waals surface area (Å²) in [6.45, 7) is 2.16. The molecule has 2 aliphatic rings. The van der Waals surface area contributed by atoms with Gasteiger partial charge >= 0.3 is 5.97 Å². The highest BCUT2D eigenvalue weighted by molar-refractivity contribution is 5.80. The first kappa shape index (κ1) is 15.3. The smallest absolute Gasteiger partial charge is 0.320 e. The molecule has 0 saturated carbocycles.